The second kappa shape index (κ2) is 7.10. The summed E-state index contributed by atoms with van der Waals surface area (Å²) in [5, 5.41) is 3.79. The maximum Gasteiger partial charge on any atom is 0.433 e. The minimum Gasteiger partial charge on any atom is -0.341 e. The van der Waals surface area contributed by atoms with Gasteiger partial charge in [0.15, 0.2) is 5.16 Å². The fraction of sp³-hybridized carbons (Fsp3) is 0.308. The summed E-state index contributed by atoms with van der Waals surface area (Å²) in [7, 11) is 1.65. The van der Waals surface area contributed by atoms with Crippen molar-refractivity contribution in [3.05, 3.63) is 40.3 Å². The summed E-state index contributed by atoms with van der Waals surface area (Å²) in [6.07, 6.45) is -3.48. The monoisotopic (exact) mass is 347 g/mol. The minimum atomic E-state index is -4.52. The number of rotatable bonds is 5. The summed E-state index contributed by atoms with van der Waals surface area (Å²) in [6.45, 7) is 0.465. The standard InChI is InChI=1S/C13H12F3N3OS2/c1-19(6-9-3-5-21-7-9)11(20)8-22-12-17-4-2-10(18-12)13(14,15)16/h2-5,7H,6,8H2,1H3. The zero-order valence-electron chi connectivity index (χ0n) is 11.5. The lowest BCUT2D eigenvalue weighted by Crippen LogP contribution is -2.27. The predicted molar refractivity (Wildman–Crippen MR) is 78.6 cm³/mol. The van der Waals surface area contributed by atoms with E-state index in [1.54, 1.807) is 7.05 Å². The second-order valence-electron chi connectivity index (χ2n) is 4.39. The highest BCUT2D eigenvalue weighted by Gasteiger charge is 2.32. The van der Waals surface area contributed by atoms with Crippen molar-refractivity contribution in [2.24, 2.45) is 0 Å². The van der Waals surface area contributed by atoms with Crippen molar-refractivity contribution in [2.75, 3.05) is 12.8 Å². The number of halogens is 3. The molecule has 0 aliphatic heterocycles. The number of carbonyl (C=O) groups is 1. The lowest BCUT2D eigenvalue weighted by atomic mass is 10.3. The van der Waals surface area contributed by atoms with Gasteiger partial charge in [0, 0.05) is 19.8 Å². The molecule has 2 aromatic rings. The van der Waals surface area contributed by atoms with Gasteiger partial charge in [0.1, 0.15) is 5.69 Å². The van der Waals surface area contributed by atoms with E-state index in [1.165, 1.54) is 16.2 Å². The normalized spacial score (nSPS) is 11.5. The Labute approximate surface area is 133 Å². The summed E-state index contributed by atoms with van der Waals surface area (Å²) < 4.78 is 37.6. The molecule has 0 fully saturated rings. The Morgan fingerprint density at radius 1 is 1.41 bits per heavy atom. The first-order valence-corrected chi connectivity index (χ1v) is 8.07. The topological polar surface area (TPSA) is 46.1 Å². The molecule has 0 spiro atoms. The van der Waals surface area contributed by atoms with Crippen LogP contribution in [0.1, 0.15) is 11.3 Å². The summed E-state index contributed by atoms with van der Waals surface area (Å²) in [6, 6.07) is 2.71. The smallest absolute Gasteiger partial charge is 0.341 e. The summed E-state index contributed by atoms with van der Waals surface area (Å²) in [5.41, 5.74) is 0.00486. The summed E-state index contributed by atoms with van der Waals surface area (Å²) >= 11 is 2.43. The molecule has 0 radical (unpaired) electrons. The van der Waals surface area contributed by atoms with E-state index in [0.29, 0.717) is 6.54 Å². The fourth-order valence-corrected chi connectivity index (χ4v) is 2.98. The van der Waals surface area contributed by atoms with Crippen molar-refractivity contribution in [1.82, 2.24) is 14.9 Å². The third-order valence-electron chi connectivity index (χ3n) is 2.67. The number of thioether (sulfide) groups is 1. The molecule has 22 heavy (non-hydrogen) atoms. The van der Waals surface area contributed by atoms with Crippen LogP contribution in [0.3, 0.4) is 0 Å². The van der Waals surface area contributed by atoms with E-state index in [1.807, 2.05) is 16.8 Å². The highest BCUT2D eigenvalue weighted by Crippen LogP contribution is 2.28. The van der Waals surface area contributed by atoms with Crippen molar-refractivity contribution in [3.8, 4) is 0 Å². The van der Waals surface area contributed by atoms with E-state index in [2.05, 4.69) is 9.97 Å². The third-order valence-corrected chi connectivity index (χ3v) is 4.25. The quantitative estimate of drug-likeness (QED) is 0.615. The predicted octanol–water partition coefficient (Wildman–Crippen LogP) is 3.31. The van der Waals surface area contributed by atoms with Crippen molar-refractivity contribution >= 4 is 29.0 Å². The largest absolute Gasteiger partial charge is 0.433 e. The van der Waals surface area contributed by atoms with Gasteiger partial charge in [-0.05, 0) is 28.5 Å². The first kappa shape index (κ1) is 16.8. The Kier molecular flexibility index (Phi) is 5.41. The molecule has 0 N–H and O–H groups in total. The number of amides is 1. The van der Waals surface area contributed by atoms with E-state index in [9.17, 15) is 18.0 Å². The van der Waals surface area contributed by atoms with Crippen molar-refractivity contribution in [2.45, 2.75) is 17.9 Å². The van der Waals surface area contributed by atoms with Crippen LogP contribution >= 0.6 is 23.1 Å². The molecule has 0 atom stereocenters. The minimum absolute atomic E-state index is 0.0120. The van der Waals surface area contributed by atoms with Gasteiger partial charge in [0.05, 0.1) is 5.75 Å². The summed E-state index contributed by atoms with van der Waals surface area (Å²) in [5.74, 6) is -0.209. The average Bonchev–Trinajstić information content (AvgIpc) is 2.97. The van der Waals surface area contributed by atoms with E-state index in [4.69, 9.17) is 0 Å². The van der Waals surface area contributed by atoms with Crippen LogP contribution in [0.25, 0.3) is 0 Å². The molecule has 4 nitrogen and oxygen atoms in total. The third kappa shape index (κ3) is 4.70. The molecule has 0 aliphatic rings. The van der Waals surface area contributed by atoms with Crippen LogP contribution in [0.15, 0.2) is 34.2 Å². The van der Waals surface area contributed by atoms with Gasteiger partial charge < -0.3 is 4.90 Å². The molecule has 2 aromatic heterocycles. The Morgan fingerprint density at radius 3 is 2.82 bits per heavy atom. The molecule has 0 saturated heterocycles. The van der Waals surface area contributed by atoms with E-state index < -0.39 is 11.9 Å². The van der Waals surface area contributed by atoms with E-state index >= 15 is 0 Å². The Hall–Kier alpha value is -1.61. The van der Waals surface area contributed by atoms with Gasteiger partial charge in [-0.15, -0.1) is 0 Å². The number of carbonyl (C=O) groups excluding carboxylic acids is 1. The molecule has 9 heteroatoms. The van der Waals surface area contributed by atoms with Gasteiger partial charge >= 0.3 is 6.18 Å². The lowest BCUT2D eigenvalue weighted by molar-refractivity contribution is -0.141. The molecule has 0 bridgehead atoms. The molecule has 0 aromatic carbocycles. The average molecular weight is 347 g/mol. The molecular formula is C13H12F3N3OS2. The van der Waals surface area contributed by atoms with Crippen LogP contribution in [-0.2, 0) is 17.5 Å². The van der Waals surface area contributed by atoms with Crippen molar-refractivity contribution in [3.63, 3.8) is 0 Å². The number of hydrogen-bond acceptors (Lipinski definition) is 5. The fourth-order valence-electron chi connectivity index (χ4n) is 1.55. The molecule has 0 saturated carbocycles. The van der Waals surface area contributed by atoms with Crippen LogP contribution < -0.4 is 0 Å². The van der Waals surface area contributed by atoms with Crippen LogP contribution in [0, 0.1) is 0 Å². The molecular weight excluding hydrogens is 335 g/mol. The first-order chi connectivity index (χ1) is 10.4. The Bertz CT molecular complexity index is 632. The van der Waals surface area contributed by atoms with Gasteiger partial charge in [0.2, 0.25) is 5.91 Å². The Morgan fingerprint density at radius 2 is 2.18 bits per heavy atom. The maximum absolute atomic E-state index is 12.5. The van der Waals surface area contributed by atoms with Crippen LogP contribution in [-0.4, -0.2) is 33.6 Å². The van der Waals surface area contributed by atoms with Crippen molar-refractivity contribution < 1.29 is 18.0 Å². The molecule has 0 aliphatic carbocycles. The Balaban J connectivity index is 1.91. The lowest BCUT2D eigenvalue weighted by Gasteiger charge is -2.16. The molecule has 2 heterocycles. The van der Waals surface area contributed by atoms with Gasteiger partial charge in [-0.2, -0.15) is 24.5 Å². The number of hydrogen-bond donors (Lipinski definition) is 0. The van der Waals surface area contributed by atoms with Gasteiger partial charge in [-0.3, -0.25) is 4.79 Å². The molecule has 118 valence electrons. The van der Waals surface area contributed by atoms with E-state index in [-0.39, 0.29) is 16.8 Å². The molecule has 0 unspecified atom stereocenters. The second-order valence-corrected chi connectivity index (χ2v) is 6.11. The number of alkyl halides is 3. The van der Waals surface area contributed by atoms with Crippen LogP contribution in [0.5, 0.6) is 0 Å². The number of nitrogens with zero attached hydrogens (tertiary/aromatic N) is 3. The van der Waals surface area contributed by atoms with Gasteiger partial charge in [-0.1, -0.05) is 11.8 Å². The zero-order chi connectivity index (χ0) is 16.2. The van der Waals surface area contributed by atoms with E-state index in [0.717, 1.165) is 29.6 Å². The number of aromatic nitrogens is 2. The summed E-state index contributed by atoms with van der Waals surface area (Å²) in [4.78, 5) is 20.6. The SMILES string of the molecule is CN(Cc1ccsc1)C(=O)CSc1nccc(C(F)(F)F)n1. The van der Waals surface area contributed by atoms with Crippen LogP contribution in [0.4, 0.5) is 13.2 Å². The van der Waals surface area contributed by atoms with Gasteiger partial charge in [0.25, 0.3) is 0 Å². The zero-order valence-corrected chi connectivity index (χ0v) is 13.1. The van der Waals surface area contributed by atoms with Crippen LogP contribution in [0.2, 0.25) is 0 Å². The highest BCUT2D eigenvalue weighted by atomic mass is 32.2. The molecule has 1 amide bonds. The van der Waals surface area contributed by atoms with Gasteiger partial charge in [-0.25, -0.2) is 9.97 Å². The van der Waals surface area contributed by atoms with Crippen molar-refractivity contribution in [1.29, 1.82) is 0 Å². The maximum atomic E-state index is 12.5. The molecule has 2 rings (SSSR count). The highest BCUT2D eigenvalue weighted by molar-refractivity contribution is 7.99. The first-order valence-electron chi connectivity index (χ1n) is 6.14. The number of thiophene rings is 1.